The van der Waals surface area contributed by atoms with Gasteiger partial charge in [0.05, 0.1) is 0 Å². The van der Waals surface area contributed by atoms with E-state index in [0.29, 0.717) is 12.8 Å². The number of methoxy groups -OCH3 is 1. The predicted molar refractivity (Wildman–Crippen MR) is 29.7 cm³/mol. The molecule has 0 aromatic rings. The van der Waals surface area contributed by atoms with Crippen LogP contribution in [0.2, 0.25) is 0 Å². The second-order valence-corrected chi connectivity index (χ2v) is 3.11. The highest BCUT2D eigenvalue weighted by atomic mass is 32.2. The lowest BCUT2D eigenvalue weighted by atomic mass is 10.8. The second kappa shape index (κ2) is 1.79. The van der Waals surface area contributed by atoms with Crippen LogP contribution >= 0.6 is 0 Å². The summed E-state index contributed by atoms with van der Waals surface area (Å²) in [7, 11) is 1.46. The van der Waals surface area contributed by atoms with Crippen molar-refractivity contribution in [1.82, 2.24) is 0 Å². The summed E-state index contributed by atoms with van der Waals surface area (Å²) < 4.78 is 23.6. The third-order valence-electron chi connectivity index (χ3n) is 1.35. The summed E-state index contributed by atoms with van der Waals surface area (Å²) in [6.07, 6.45) is 1.43. The van der Waals surface area contributed by atoms with Crippen molar-refractivity contribution in [3.8, 4) is 0 Å². The summed E-state index contributed by atoms with van der Waals surface area (Å²) in [5.41, 5.74) is 0. The summed E-state index contributed by atoms with van der Waals surface area (Å²) in [4.78, 5) is -0.681. The van der Waals surface area contributed by atoms with Gasteiger partial charge in [-0.15, -0.1) is 0 Å². The van der Waals surface area contributed by atoms with E-state index in [4.69, 9.17) is 9.29 Å². The van der Waals surface area contributed by atoms with Crippen molar-refractivity contribution < 1.29 is 13.5 Å². The molecule has 0 spiro atoms. The van der Waals surface area contributed by atoms with Crippen molar-refractivity contribution >= 4 is 11.1 Å². The molecule has 48 valence electrons. The lowest BCUT2D eigenvalue weighted by molar-refractivity contribution is 0.144. The molecule has 1 atom stereocenters. The van der Waals surface area contributed by atoms with Crippen LogP contribution in [0, 0.1) is 0 Å². The number of ether oxygens (including phenoxy) is 1. The normalized spacial score (nSPS) is 27.2. The fourth-order valence-electron chi connectivity index (χ4n) is 0.552. The molecule has 1 aliphatic carbocycles. The Morgan fingerprint density at radius 2 is 2.25 bits per heavy atom. The lowest BCUT2D eigenvalue weighted by Gasteiger charge is -2.04. The van der Waals surface area contributed by atoms with E-state index in [1.165, 1.54) is 7.11 Å². The first-order chi connectivity index (χ1) is 3.71. The fraction of sp³-hybridized carbons (Fsp3) is 1.00. The van der Waals surface area contributed by atoms with Gasteiger partial charge in [-0.1, -0.05) is 0 Å². The van der Waals surface area contributed by atoms with E-state index in [-0.39, 0.29) is 0 Å². The molecule has 1 N–H and O–H groups in total. The summed E-state index contributed by atoms with van der Waals surface area (Å²) in [5, 5.41) is 0. The molecule has 0 aliphatic heterocycles. The SMILES string of the molecule is COC1(S(=O)O)CC1. The predicted octanol–water partition coefficient (Wildman–Crippen LogP) is 0.345. The van der Waals surface area contributed by atoms with Crippen molar-refractivity contribution in [2.24, 2.45) is 0 Å². The van der Waals surface area contributed by atoms with E-state index in [9.17, 15) is 4.21 Å². The summed E-state index contributed by atoms with van der Waals surface area (Å²) in [6, 6.07) is 0. The molecule has 1 fully saturated rings. The minimum Gasteiger partial charge on any atom is -0.362 e. The van der Waals surface area contributed by atoms with E-state index in [1.807, 2.05) is 0 Å². The van der Waals surface area contributed by atoms with E-state index < -0.39 is 16.0 Å². The smallest absolute Gasteiger partial charge is 0.186 e. The molecule has 0 aromatic heterocycles. The Labute approximate surface area is 50.3 Å². The van der Waals surface area contributed by atoms with Gasteiger partial charge < -0.3 is 9.29 Å². The number of rotatable bonds is 2. The van der Waals surface area contributed by atoms with Gasteiger partial charge in [0.25, 0.3) is 0 Å². The first kappa shape index (κ1) is 6.19. The Bertz CT molecular complexity index is 118. The van der Waals surface area contributed by atoms with Crippen molar-refractivity contribution in [2.45, 2.75) is 17.8 Å². The van der Waals surface area contributed by atoms with Crippen molar-refractivity contribution in [3.63, 3.8) is 0 Å². The van der Waals surface area contributed by atoms with Crippen LogP contribution in [0.4, 0.5) is 0 Å². The van der Waals surface area contributed by atoms with Gasteiger partial charge in [-0.05, 0) is 12.8 Å². The van der Waals surface area contributed by atoms with Gasteiger partial charge in [0, 0.05) is 7.11 Å². The average Bonchev–Trinajstić information content (AvgIpc) is 2.44. The summed E-state index contributed by atoms with van der Waals surface area (Å²) in [6.45, 7) is 0. The Balaban J connectivity index is 2.53. The maximum Gasteiger partial charge on any atom is 0.186 e. The van der Waals surface area contributed by atoms with Crippen molar-refractivity contribution in [2.75, 3.05) is 7.11 Å². The number of hydrogen-bond acceptors (Lipinski definition) is 2. The molecule has 0 saturated heterocycles. The van der Waals surface area contributed by atoms with Crippen molar-refractivity contribution in [1.29, 1.82) is 0 Å². The minimum absolute atomic E-state index is 0.681. The Morgan fingerprint density at radius 1 is 1.75 bits per heavy atom. The highest BCUT2D eigenvalue weighted by molar-refractivity contribution is 7.80. The standard InChI is InChI=1S/C4H8O3S/c1-7-4(2-3-4)8(5)6/h2-3H2,1H3,(H,5,6). The summed E-state index contributed by atoms with van der Waals surface area (Å²) in [5.74, 6) is 0. The molecule has 0 heterocycles. The van der Waals surface area contributed by atoms with Crippen LogP contribution in [0.1, 0.15) is 12.8 Å². The molecule has 1 aliphatic rings. The zero-order valence-electron chi connectivity index (χ0n) is 4.59. The second-order valence-electron chi connectivity index (χ2n) is 1.86. The van der Waals surface area contributed by atoms with Crippen LogP contribution in [0.15, 0.2) is 0 Å². The van der Waals surface area contributed by atoms with Gasteiger partial charge in [0.15, 0.2) is 16.0 Å². The molecule has 8 heavy (non-hydrogen) atoms. The largest absolute Gasteiger partial charge is 0.362 e. The van der Waals surface area contributed by atoms with E-state index in [0.717, 1.165) is 0 Å². The fourth-order valence-corrected chi connectivity index (χ4v) is 1.15. The highest BCUT2D eigenvalue weighted by Crippen LogP contribution is 2.41. The molecule has 0 radical (unpaired) electrons. The monoisotopic (exact) mass is 136 g/mol. The van der Waals surface area contributed by atoms with E-state index >= 15 is 0 Å². The molecule has 0 amide bonds. The van der Waals surface area contributed by atoms with Crippen LogP contribution in [0.25, 0.3) is 0 Å². The molecule has 4 heteroatoms. The van der Waals surface area contributed by atoms with Crippen LogP contribution < -0.4 is 0 Å². The van der Waals surface area contributed by atoms with Gasteiger partial charge in [-0.25, -0.2) is 4.21 Å². The van der Waals surface area contributed by atoms with Crippen LogP contribution in [-0.2, 0) is 15.8 Å². The molecule has 1 unspecified atom stereocenters. The van der Waals surface area contributed by atoms with Gasteiger partial charge in [0.2, 0.25) is 0 Å². The Kier molecular flexibility index (Phi) is 1.38. The molecule has 3 nitrogen and oxygen atoms in total. The van der Waals surface area contributed by atoms with Gasteiger partial charge in [-0.3, -0.25) is 0 Å². The molecular weight excluding hydrogens is 128 g/mol. The average molecular weight is 136 g/mol. The number of hydrogen-bond donors (Lipinski definition) is 1. The van der Waals surface area contributed by atoms with Crippen molar-refractivity contribution in [3.05, 3.63) is 0 Å². The minimum atomic E-state index is -1.79. The molecular formula is C4H8O3S. The maximum absolute atomic E-state index is 10.3. The zero-order valence-corrected chi connectivity index (χ0v) is 5.40. The first-order valence-electron chi connectivity index (χ1n) is 2.37. The quantitative estimate of drug-likeness (QED) is 0.557. The van der Waals surface area contributed by atoms with E-state index in [2.05, 4.69) is 0 Å². The Morgan fingerprint density at radius 3 is 2.25 bits per heavy atom. The van der Waals surface area contributed by atoms with Gasteiger partial charge in [0.1, 0.15) is 0 Å². The highest BCUT2D eigenvalue weighted by Gasteiger charge is 2.49. The van der Waals surface area contributed by atoms with Gasteiger partial charge in [-0.2, -0.15) is 0 Å². The molecule has 1 saturated carbocycles. The topological polar surface area (TPSA) is 46.5 Å². The molecule has 0 aromatic carbocycles. The third kappa shape index (κ3) is 0.788. The summed E-state index contributed by atoms with van der Waals surface area (Å²) >= 11 is -1.79. The van der Waals surface area contributed by atoms with E-state index in [1.54, 1.807) is 0 Å². The Hall–Kier alpha value is 0.0700. The maximum atomic E-state index is 10.3. The zero-order chi connectivity index (χ0) is 6.20. The lowest BCUT2D eigenvalue weighted by Crippen LogP contribution is -2.17. The van der Waals surface area contributed by atoms with Crippen LogP contribution in [0.5, 0.6) is 0 Å². The first-order valence-corrected chi connectivity index (χ1v) is 3.48. The molecule has 0 bridgehead atoms. The van der Waals surface area contributed by atoms with Crippen LogP contribution in [0.3, 0.4) is 0 Å². The molecule has 1 rings (SSSR count). The van der Waals surface area contributed by atoms with Gasteiger partial charge >= 0.3 is 0 Å². The van der Waals surface area contributed by atoms with Crippen LogP contribution in [-0.4, -0.2) is 20.8 Å². The third-order valence-corrected chi connectivity index (χ3v) is 2.56.